The number of carbonyl (C=O) groups is 1. The summed E-state index contributed by atoms with van der Waals surface area (Å²) in [6.45, 7) is 1.87. The van der Waals surface area contributed by atoms with Gasteiger partial charge in [-0.25, -0.2) is 4.98 Å². The average molecular weight is 306 g/mol. The summed E-state index contributed by atoms with van der Waals surface area (Å²) in [5.41, 5.74) is 2.05. The molecule has 2 rings (SSSR count). The summed E-state index contributed by atoms with van der Waals surface area (Å²) in [5, 5.41) is 8.93. The Kier molecular flexibility index (Phi) is 4.59. The third-order valence-corrected chi connectivity index (χ3v) is 3.22. The minimum atomic E-state index is -0.172. The van der Waals surface area contributed by atoms with Crippen LogP contribution in [0.5, 0.6) is 0 Å². The number of carbonyl (C=O) groups excluding carboxylic acids is 1. The number of halogens is 1. The molecule has 0 radical (unpaired) electrons. The number of aromatic nitrogens is 2. The van der Waals surface area contributed by atoms with E-state index >= 15 is 0 Å². The molecule has 0 saturated carbocycles. The van der Waals surface area contributed by atoms with Gasteiger partial charge < -0.3 is 16.0 Å². The van der Waals surface area contributed by atoms with Crippen molar-refractivity contribution >= 4 is 35.0 Å². The van der Waals surface area contributed by atoms with Crippen molar-refractivity contribution in [3.8, 4) is 0 Å². The number of hydrogen-bond acceptors (Lipinski definition) is 5. The van der Waals surface area contributed by atoms with Crippen LogP contribution in [-0.2, 0) is 0 Å². The first-order valence-electron chi connectivity index (χ1n) is 6.35. The van der Waals surface area contributed by atoms with Crippen LogP contribution in [0.25, 0.3) is 0 Å². The van der Waals surface area contributed by atoms with Crippen molar-refractivity contribution in [3.63, 3.8) is 0 Å². The summed E-state index contributed by atoms with van der Waals surface area (Å²) in [4.78, 5) is 20.3. The van der Waals surface area contributed by atoms with Crippen LogP contribution in [0.4, 0.5) is 17.5 Å². The Labute approximate surface area is 128 Å². The molecule has 110 valence electrons. The van der Waals surface area contributed by atoms with E-state index in [-0.39, 0.29) is 5.91 Å². The van der Waals surface area contributed by atoms with Crippen molar-refractivity contribution in [2.24, 2.45) is 0 Å². The molecule has 1 aromatic heterocycles. The molecule has 7 heteroatoms. The molecule has 3 N–H and O–H groups in total. The van der Waals surface area contributed by atoms with Gasteiger partial charge >= 0.3 is 0 Å². The maximum Gasteiger partial charge on any atom is 0.253 e. The molecule has 2 aromatic rings. The van der Waals surface area contributed by atoms with E-state index < -0.39 is 0 Å². The molecule has 6 nitrogen and oxygen atoms in total. The first-order chi connectivity index (χ1) is 10.1. The minimum absolute atomic E-state index is 0.172. The van der Waals surface area contributed by atoms with E-state index in [2.05, 4.69) is 25.9 Å². The lowest BCUT2D eigenvalue weighted by molar-refractivity contribution is 0.0963. The van der Waals surface area contributed by atoms with Gasteiger partial charge in [-0.2, -0.15) is 4.98 Å². The first kappa shape index (κ1) is 15.1. The van der Waals surface area contributed by atoms with Crippen LogP contribution in [0.15, 0.2) is 24.4 Å². The fourth-order valence-corrected chi connectivity index (χ4v) is 2.04. The molecule has 0 aliphatic heterocycles. The van der Waals surface area contributed by atoms with Crippen LogP contribution in [0.2, 0.25) is 5.02 Å². The zero-order valence-electron chi connectivity index (χ0n) is 12.0. The second-order valence-corrected chi connectivity index (χ2v) is 4.75. The highest BCUT2D eigenvalue weighted by atomic mass is 35.5. The van der Waals surface area contributed by atoms with Crippen LogP contribution in [0.3, 0.4) is 0 Å². The Morgan fingerprint density at radius 1 is 1.29 bits per heavy atom. The smallest absolute Gasteiger partial charge is 0.253 e. The van der Waals surface area contributed by atoms with E-state index in [9.17, 15) is 4.79 Å². The van der Waals surface area contributed by atoms with Gasteiger partial charge in [-0.3, -0.25) is 4.79 Å². The van der Waals surface area contributed by atoms with Gasteiger partial charge in [0, 0.05) is 14.1 Å². The predicted molar refractivity (Wildman–Crippen MR) is 84.4 cm³/mol. The van der Waals surface area contributed by atoms with Crippen molar-refractivity contribution in [2.45, 2.75) is 6.92 Å². The van der Waals surface area contributed by atoms with Crippen molar-refractivity contribution in [1.29, 1.82) is 0 Å². The van der Waals surface area contributed by atoms with E-state index in [1.165, 1.54) is 6.20 Å². The summed E-state index contributed by atoms with van der Waals surface area (Å²) in [5.74, 6) is 0.706. The van der Waals surface area contributed by atoms with Gasteiger partial charge in [-0.05, 0) is 18.6 Å². The number of benzene rings is 1. The van der Waals surface area contributed by atoms with Crippen LogP contribution < -0.4 is 16.0 Å². The number of amides is 1. The minimum Gasteiger partial charge on any atom is -0.357 e. The number of nitrogens with one attached hydrogen (secondary N) is 3. The van der Waals surface area contributed by atoms with Crippen LogP contribution in [-0.4, -0.2) is 30.0 Å². The van der Waals surface area contributed by atoms with Gasteiger partial charge in [0.1, 0.15) is 5.02 Å². The molecular weight excluding hydrogens is 290 g/mol. The highest BCUT2D eigenvalue weighted by Crippen LogP contribution is 2.27. The number of rotatable bonds is 4. The van der Waals surface area contributed by atoms with Gasteiger partial charge in [0.25, 0.3) is 5.91 Å². The molecule has 0 fully saturated rings. The molecule has 0 spiro atoms. The van der Waals surface area contributed by atoms with Crippen LogP contribution >= 0.6 is 11.6 Å². The lowest BCUT2D eigenvalue weighted by Crippen LogP contribution is -2.20. The zero-order valence-corrected chi connectivity index (χ0v) is 12.7. The molecule has 0 aliphatic carbocycles. The fraction of sp³-hybridized carbons (Fsp3) is 0.214. The molecular formula is C14H16ClN5O. The Balaban J connectivity index is 2.45. The standard InChI is InChI=1S/C14H16ClN5O/c1-8-5-4-6-10(11(8)13(21)16-2)19-12-9(15)7-18-14(17-3)20-12/h4-7H,1-3H3,(H,16,21)(H2,17,18,19,20). The fourth-order valence-electron chi connectivity index (χ4n) is 1.90. The summed E-state index contributed by atoms with van der Waals surface area (Å²) in [7, 11) is 3.31. The monoisotopic (exact) mass is 305 g/mol. The lowest BCUT2D eigenvalue weighted by atomic mass is 10.1. The second-order valence-electron chi connectivity index (χ2n) is 4.34. The normalized spacial score (nSPS) is 10.1. The summed E-state index contributed by atoms with van der Waals surface area (Å²) in [6, 6.07) is 5.53. The van der Waals surface area contributed by atoms with E-state index in [0.29, 0.717) is 28.0 Å². The molecule has 1 heterocycles. The van der Waals surface area contributed by atoms with Gasteiger partial charge in [-0.1, -0.05) is 23.7 Å². The number of anilines is 3. The van der Waals surface area contributed by atoms with Gasteiger partial charge in [0.05, 0.1) is 17.4 Å². The molecule has 0 saturated heterocycles. The summed E-state index contributed by atoms with van der Waals surface area (Å²) < 4.78 is 0. The highest BCUT2D eigenvalue weighted by Gasteiger charge is 2.14. The Morgan fingerprint density at radius 2 is 2.05 bits per heavy atom. The van der Waals surface area contributed by atoms with E-state index in [1.807, 2.05) is 19.1 Å². The second kappa shape index (κ2) is 6.41. The van der Waals surface area contributed by atoms with Crippen molar-refractivity contribution in [1.82, 2.24) is 15.3 Å². The maximum absolute atomic E-state index is 12.0. The Bertz CT molecular complexity index is 674. The summed E-state index contributed by atoms with van der Waals surface area (Å²) >= 11 is 6.09. The molecule has 0 aliphatic rings. The third-order valence-electron chi connectivity index (χ3n) is 2.95. The topological polar surface area (TPSA) is 78.9 Å². The first-order valence-corrected chi connectivity index (χ1v) is 6.73. The highest BCUT2D eigenvalue weighted by molar-refractivity contribution is 6.33. The SMILES string of the molecule is CNC(=O)c1c(C)cccc1Nc1nc(NC)ncc1Cl. The molecule has 1 amide bonds. The van der Waals surface area contributed by atoms with Gasteiger partial charge in [0.15, 0.2) is 5.82 Å². The molecule has 21 heavy (non-hydrogen) atoms. The third kappa shape index (κ3) is 3.22. The summed E-state index contributed by atoms with van der Waals surface area (Å²) in [6.07, 6.45) is 1.50. The van der Waals surface area contributed by atoms with Crippen LogP contribution in [0.1, 0.15) is 15.9 Å². The molecule has 1 aromatic carbocycles. The largest absolute Gasteiger partial charge is 0.357 e. The predicted octanol–water partition coefficient (Wildman–Crippen LogP) is 2.58. The number of aryl methyl sites for hydroxylation is 1. The van der Waals surface area contributed by atoms with Crippen molar-refractivity contribution in [2.75, 3.05) is 24.7 Å². The lowest BCUT2D eigenvalue weighted by Gasteiger charge is -2.14. The van der Waals surface area contributed by atoms with E-state index in [1.54, 1.807) is 20.2 Å². The molecule has 0 atom stereocenters. The Hall–Kier alpha value is -2.34. The van der Waals surface area contributed by atoms with Crippen LogP contribution in [0, 0.1) is 6.92 Å². The van der Waals surface area contributed by atoms with Gasteiger partial charge in [-0.15, -0.1) is 0 Å². The maximum atomic E-state index is 12.0. The van der Waals surface area contributed by atoms with Gasteiger partial charge in [0.2, 0.25) is 5.95 Å². The zero-order chi connectivity index (χ0) is 15.4. The van der Waals surface area contributed by atoms with Crippen molar-refractivity contribution in [3.05, 3.63) is 40.5 Å². The average Bonchev–Trinajstić information content (AvgIpc) is 2.49. The molecule has 0 unspecified atom stereocenters. The quantitative estimate of drug-likeness (QED) is 0.809. The van der Waals surface area contributed by atoms with E-state index in [4.69, 9.17) is 11.6 Å². The van der Waals surface area contributed by atoms with Crippen molar-refractivity contribution < 1.29 is 4.79 Å². The Morgan fingerprint density at radius 3 is 2.71 bits per heavy atom. The number of nitrogens with zero attached hydrogens (tertiary/aromatic N) is 2. The molecule has 0 bridgehead atoms. The number of hydrogen-bond donors (Lipinski definition) is 3. The van der Waals surface area contributed by atoms with E-state index in [0.717, 1.165) is 5.56 Å².